The van der Waals surface area contributed by atoms with Crippen molar-refractivity contribution in [1.82, 2.24) is 10.2 Å². The molecule has 4 heteroatoms. The Labute approximate surface area is 127 Å². The number of piperazine rings is 1. The fraction of sp³-hybridized carbons (Fsp3) is 0.882. The highest BCUT2D eigenvalue weighted by atomic mass is 16.2. The van der Waals surface area contributed by atoms with Gasteiger partial charge in [0, 0.05) is 6.04 Å². The number of hydrogen-bond donors (Lipinski definition) is 1. The molecule has 1 spiro atoms. The molecule has 2 aliphatic carbocycles. The van der Waals surface area contributed by atoms with Crippen LogP contribution in [0, 0.1) is 5.92 Å². The molecule has 21 heavy (non-hydrogen) atoms. The minimum absolute atomic E-state index is 0.0806. The summed E-state index contributed by atoms with van der Waals surface area (Å²) >= 11 is 0. The summed E-state index contributed by atoms with van der Waals surface area (Å²) in [5.41, 5.74) is -0.570. The zero-order valence-electron chi connectivity index (χ0n) is 13.4. The van der Waals surface area contributed by atoms with E-state index in [1.54, 1.807) is 0 Å². The summed E-state index contributed by atoms with van der Waals surface area (Å²) in [4.78, 5) is 27.9. The van der Waals surface area contributed by atoms with Gasteiger partial charge in [-0.1, -0.05) is 46.0 Å². The van der Waals surface area contributed by atoms with Crippen LogP contribution in [0.2, 0.25) is 0 Å². The van der Waals surface area contributed by atoms with E-state index in [1.165, 1.54) is 19.3 Å². The van der Waals surface area contributed by atoms with Crippen molar-refractivity contribution in [2.75, 3.05) is 0 Å². The molecule has 0 aromatic carbocycles. The van der Waals surface area contributed by atoms with Crippen LogP contribution in [-0.2, 0) is 9.59 Å². The van der Waals surface area contributed by atoms with Crippen LogP contribution in [0.5, 0.6) is 0 Å². The first-order valence-electron chi connectivity index (χ1n) is 8.70. The van der Waals surface area contributed by atoms with E-state index in [4.69, 9.17) is 0 Å². The van der Waals surface area contributed by atoms with Gasteiger partial charge in [-0.25, -0.2) is 0 Å². The third-order valence-electron chi connectivity index (χ3n) is 5.63. The second kappa shape index (κ2) is 5.62. The maximum absolute atomic E-state index is 13.2. The van der Waals surface area contributed by atoms with E-state index in [2.05, 4.69) is 19.2 Å². The Hall–Kier alpha value is -1.06. The molecule has 2 saturated carbocycles. The van der Waals surface area contributed by atoms with Gasteiger partial charge in [0.1, 0.15) is 11.6 Å². The van der Waals surface area contributed by atoms with Gasteiger partial charge in [-0.15, -0.1) is 0 Å². The Kier molecular flexibility index (Phi) is 3.98. The maximum Gasteiger partial charge on any atom is 0.249 e. The molecule has 0 radical (unpaired) electrons. The number of nitrogens with zero attached hydrogens (tertiary/aromatic N) is 1. The first-order chi connectivity index (χ1) is 10.1. The third-order valence-corrected chi connectivity index (χ3v) is 5.63. The molecule has 0 aromatic heterocycles. The van der Waals surface area contributed by atoms with E-state index in [0.717, 1.165) is 38.5 Å². The minimum Gasteiger partial charge on any atom is -0.340 e. The fourth-order valence-electron chi connectivity index (χ4n) is 4.56. The first kappa shape index (κ1) is 14.9. The zero-order chi connectivity index (χ0) is 15.0. The van der Waals surface area contributed by atoms with Gasteiger partial charge in [0.15, 0.2) is 0 Å². The summed E-state index contributed by atoms with van der Waals surface area (Å²) < 4.78 is 0. The number of carbonyl (C=O) groups is 2. The average molecular weight is 292 g/mol. The van der Waals surface area contributed by atoms with Gasteiger partial charge in [0.25, 0.3) is 0 Å². The second-order valence-electron chi connectivity index (χ2n) is 7.47. The summed E-state index contributed by atoms with van der Waals surface area (Å²) in [6.45, 7) is 4.11. The highest BCUT2D eigenvalue weighted by Gasteiger charge is 2.54. The highest BCUT2D eigenvalue weighted by molar-refractivity contribution is 6.00. The lowest BCUT2D eigenvalue weighted by Crippen LogP contribution is -2.72. The van der Waals surface area contributed by atoms with Gasteiger partial charge >= 0.3 is 0 Å². The molecule has 3 fully saturated rings. The number of carbonyl (C=O) groups excluding carboxylic acids is 2. The molecule has 1 saturated heterocycles. The van der Waals surface area contributed by atoms with Crippen molar-refractivity contribution in [1.29, 1.82) is 0 Å². The Morgan fingerprint density at radius 3 is 2.24 bits per heavy atom. The minimum atomic E-state index is -0.570. The number of amides is 2. The summed E-state index contributed by atoms with van der Waals surface area (Å²) in [5.74, 6) is 0.469. The van der Waals surface area contributed by atoms with Crippen LogP contribution in [-0.4, -0.2) is 34.3 Å². The van der Waals surface area contributed by atoms with Gasteiger partial charge in [-0.3, -0.25) is 9.59 Å². The lowest BCUT2D eigenvalue weighted by Gasteiger charge is -2.49. The van der Waals surface area contributed by atoms with Crippen LogP contribution in [0.25, 0.3) is 0 Å². The standard InChI is InChI=1S/C17H28N2O2/c1-12(2)14-15(20)18-17(10-6-7-11-17)16(21)19(14)13-8-4-3-5-9-13/h12-14H,3-11H2,1-2H3,(H,18,20). The lowest BCUT2D eigenvalue weighted by atomic mass is 9.83. The SMILES string of the molecule is CC(C)C1C(=O)NC2(CCCC2)C(=O)N1C1CCCCC1. The van der Waals surface area contributed by atoms with Crippen LogP contribution in [0.15, 0.2) is 0 Å². The van der Waals surface area contributed by atoms with Gasteiger partial charge in [-0.05, 0) is 31.6 Å². The van der Waals surface area contributed by atoms with Gasteiger partial charge in [0.05, 0.1) is 0 Å². The smallest absolute Gasteiger partial charge is 0.249 e. The topological polar surface area (TPSA) is 49.4 Å². The van der Waals surface area contributed by atoms with E-state index in [-0.39, 0.29) is 29.8 Å². The predicted octanol–water partition coefficient (Wildman–Crippen LogP) is 2.61. The van der Waals surface area contributed by atoms with E-state index in [9.17, 15) is 9.59 Å². The van der Waals surface area contributed by atoms with E-state index in [1.807, 2.05) is 4.90 Å². The number of rotatable bonds is 2. The molecular weight excluding hydrogens is 264 g/mol. The molecule has 1 unspecified atom stereocenters. The lowest BCUT2D eigenvalue weighted by molar-refractivity contribution is -0.160. The van der Waals surface area contributed by atoms with Crippen molar-refractivity contribution >= 4 is 11.8 Å². The average Bonchev–Trinajstić information content (AvgIpc) is 2.92. The molecule has 3 rings (SSSR count). The maximum atomic E-state index is 13.2. The van der Waals surface area contributed by atoms with Crippen LogP contribution in [0.3, 0.4) is 0 Å². The Morgan fingerprint density at radius 1 is 1.05 bits per heavy atom. The summed E-state index contributed by atoms with van der Waals surface area (Å²) in [7, 11) is 0. The van der Waals surface area contributed by atoms with Gasteiger partial charge < -0.3 is 10.2 Å². The number of hydrogen-bond acceptors (Lipinski definition) is 2. The normalized spacial score (nSPS) is 30.2. The quantitative estimate of drug-likeness (QED) is 0.850. The molecule has 2 amide bonds. The van der Waals surface area contributed by atoms with Crippen LogP contribution in [0.4, 0.5) is 0 Å². The number of nitrogens with one attached hydrogen (secondary N) is 1. The van der Waals surface area contributed by atoms with Crippen LogP contribution < -0.4 is 5.32 Å². The van der Waals surface area contributed by atoms with Gasteiger partial charge in [0.2, 0.25) is 11.8 Å². The molecule has 1 heterocycles. The van der Waals surface area contributed by atoms with E-state index >= 15 is 0 Å². The summed E-state index contributed by atoms with van der Waals surface area (Å²) in [6.07, 6.45) is 9.53. The Balaban J connectivity index is 1.92. The summed E-state index contributed by atoms with van der Waals surface area (Å²) in [5, 5.41) is 3.11. The van der Waals surface area contributed by atoms with Crippen molar-refractivity contribution in [3.8, 4) is 0 Å². The summed E-state index contributed by atoms with van der Waals surface area (Å²) in [6, 6.07) is 0.00833. The van der Waals surface area contributed by atoms with Crippen molar-refractivity contribution < 1.29 is 9.59 Å². The van der Waals surface area contributed by atoms with Crippen molar-refractivity contribution in [3.05, 3.63) is 0 Å². The fourth-order valence-corrected chi connectivity index (χ4v) is 4.56. The molecule has 0 bridgehead atoms. The van der Waals surface area contributed by atoms with Crippen LogP contribution in [0.1, 0.15) is 71.6 Å². The molecular formula is C17H28N2O2. The van der Waals surface area contributed by atoms with Crippen molar-refractivity contribution in [3.63, 3.8) is 0 Å². The Morgan fingerprint density at radius 2 is 1.67 bits per heavy atom. The monoisotopic (exact) mass is 292 g/mol. The predicted molar refractivity (Wildman–Crippen MR) is 81.7 cm³/mol. The largest absolute Gasteiger partial charge is 0.340 e. The van der Waals surface area contributed by atoms with Crippen molar-refractivity contribution in [2.24, 2.45) is 5.92 Å². The molecule has 118 valence electrons. The second-order valence-corrected chi connectivity index (χ2v) is 7.47. The van der Waals surface area contributed by atoms with Crippen LogP contribution >= 0.6 is 0 Å². The molecule has 4 nitrogen and oxygen atoms in total. The molecule has 1 atom stereocenters. The molecule has 0 aromatic rings. The highest BCUT2D eigenvalue weighted by Crippen LogP contribution is 2.38. The zero-order valence-corrected chi connectivity index (χ0v) is 13.4. The molecule has 3 aliphatic rings. The van der Waals surface area contributed by atoms with E-state index in [0.29, 0.717) is 0 Å². The van der Waals surface area contributed by atoms with Gasteiger partial charge in [-0.2, -0.15) is 0 Å². The Bertz CT molecular complexity index is 421. The van der Waals surface area contributed by atoms with E-state index < -0.39 is 5.54 Å². The van der Waals surface area contributed by atoms with Crippen molar-refractivity contribution in [2.45, 2.75) is 89.3 Å². The molecule has 1 aliphatic heterocycles. The third kappa shape index (κ3) is 2.47. The molecule has 1 N–H and O–H groups in total. The first-order valence-corrected chi connectivity index (χ1v) is 8.70.